The van der Waals surface area contributed by atoms with E-state index in [2.05, 4.69) is 50.5 Å². The Morgan fingerprint density at radius 3 is 2.28 bits per heavy atom. The molecule has 0 radical (unpaired) electrons. The smallest absolute Gasteiger partial charge is 0.171 e. The highest BCUT2D eigenvalue weighted by molar-refractivity contribution is 7.80. The van der Waals surface area contributed by atoms with Gasteiger partial charge in [-0.15, -0.1) is 0 Å². The van der Waals surface area contributed by atoms with Gasteiger partial charge in [0, 0.05) is 10.7 Å². The minimum absolute atomic E-state index is 0.0794. The molecule has 2 N–H and O–H groups in total. The van der Waals surface area contributed by atoms with Gasteiger partial charge in [0.25, 0.3) is 0 Å². The van der Waals surface area contributed by atoms with Crippen molar-refractivity contribution in [1.82, 2.24) is 5.32 Å². The fourth-order valence-corrected chi connectivity index (χ4v) is 3.21. The summed E-state index contributed by atoms with van der Waals surface area (Å²) in [4.78, 5) is 0. The summed E-state index contributed by atoms with van der Waals surface area (Å²) in [6.07, 6.45) is 0. The van der Waals surface area contributed by atoms with Crippen LogP contribution in [0.15, 0.2) is 36.4 Å². The van der Waals surface area contributed by atoms with Crippen molar-refractivity contribution in [3.05, 3.63) is 58.1 Å². The number of hydrogen-bond donors (Lipinski definition) is 2. The van der Waals surface area contributed by atoms with Crippen LogP contribution in [-0.4, -0.2) is 12.2 Å². The van der Waals surface area contributed by atoms with Gasteiger partial charge in [0.2, 0.25) is 0 Å². The minimum Gasteiger partial charge on any atom is -0.496 e. The van der Waals surface area contributed by atoms with Crippen LogP contribution in [0.3, 0.4) is 0 Å². The molecule has 0 bridgehead atoms. The predicted octanol–water partition coefficient (Wildman–Crippen LogP) is 5.83. The van der Waals surface area contributed by atoms with E-state index >= 15 is 0 Å². The third kappa shape index (κ3) is 5.10. The van der Waals surface area contributed by atoms with Crippen molar-refractivity contribution in [2.75, 3.05) is 12.4 Å². The minimum atomic E-state index is 0.0794. The number of thiocarbonyl (C=S) groups is 1. The summed E-state index contributed by atoms with van der Waals surface area (Å²) in [7, 11) is 1.72. The molecule has 2 aromatic carbocycles. The number of ether oxygens (including phenoxy) is 1. The second-order valence-corrected chi connectivity index (χ2v) is 7.28. The van der Waals surface area contributed by atoms with Crippen LogP contribution in [-0.2, 0) is 0 Å². The number of anilines is 1. The maximum atomic E-state index is 5.91. The number of hydrogen-bond acceptors (Lipinski definition) is 2. The molecule has 0 aliphatic heterocycles. The average molecular weight is 377 g/mol. The van der Waals surface area contributed by atoms with Crippen molar-refractivity contribution in [1.29, 1.82) is 0 Å². The molecular formula is C20H25ClN2OS. The van der Waals surface area contributed by atoms with Crippen LogP contribution in [0.5, 0.6) is 5.75 Å². The largest absolute Gasteiger partial charge is 0.496 e. The normalized spacial score (nSPS) is 12.0. The van der Waals surface area contributed by atoms with E-state index in [4.69, 9.17) is 28.6 Å². The molecule has 0 aliphatic rings. The number of aryl methyl sites for hydroxylation is 1. The molecule has 0 aliphatic carbocycles. The molecule has 5 heteroatoms. The van der Waals surface area contributed by atoms with E-state index in [-0.39, 0.29) is 6.04 Å². The Hall–Kier alpha value is -1.78. The van der Waals surface area contributed by atoms with Crippen LogP contribution in [0.1, 0.15) is 49.4 Å². The monoisotopic (exact) mass is 376 g/mol. The van der Waals surface area contributed by atoms with Gasteiger partial charge in [0.15, 0.2) is 5.11 Å². The van der Waals surface area contributed by atoms with Crippen molar-refractivity contribution < 1.29 is 4.74 Å². The quantitative estimate of drug-likeness (QED) is 0.643. The fraction of sp³-hybridized carbons (Fsp3) is 0.350. The molecule has 0 saturated carbocycles. The summed E-state index contributed by atoms with van der Waals surface area (Å²) < 4.78 is 5.52. The van der Waals surface area contributed by atoms with Crippen LogP contribution in [0, 0.1) is 6.92 Å². The third-order valence-electron chi connectivity index (χ3n) is 4.16. The lowest BCUT2D eigenvalue weighted by Gasteiger charge is -2.22. The molecule has 0 fully saturated rings. The first-order chi connectivity index (χ1) is 11.8. The van der Waals surface area contributed by atoms with Crippen LogP contribution in [0.2, 0.25) is 5.02 Å². The zero-order valence-electron chi connectivity index (χ0n) is 15.3. The summed E-state index contributed by atoms with van der Waals surface area (Å²) in [6.45, 7) is 8.54. The first kappa shape index (κ1) is 19.5. The molecule has 134 valence electrons. The zero-order chi connectivity index (χ0) is 18.6. The zero-order valence-corrected chi connectivity index (χ0v) is 16.9. The molecule has 3 nitrogen and oxygen atoms in total. The number of rotatable bonds is 5. The van der Waals surface area contributed by atoms with E-state index in [0.29, 0.717) is 16.1 Å². The SMILES string of the molecule is COc1cc(C)c([C@H](C)NC(=S)Nc2ccc(Cl)cc2)cc1C(C)C. The summed E-state index contributed by atoms with van der Waals surface area (Å²) in [5.41, 5.74) is 4.50. The summed E-state index contributed by atoms with van der Waals surface area (Å²) in [5.74, 6) is 1.32. The molecule has 0 spiro atoms. The fourth-order valence-electron chi connectivity index (χ4n) is 2.79. The summed E-state index contributed by atoms with van der Waals surface area (Å²) in [6, 6.07) is 11.8. The second-order valence-electron chi connectivity index (χ2n) is 6.43. The Morgan fingerprint density at radius 2 is 1.72 bits per heavy atom. The Bertz CT molecular complexity index is 744. The molecule has 0 aromatic heterocycles. The molecule has 25 heavy (non-hydrogen) atoms. The Kier molecular flexibility index (Phi) is 6.68. The summed E-state index contributed by atoms with van der Waals surface area (Å²) >= 11 is 11.4. The standard InChI is InChI=1S/C20H25ClN2OS/c1-12(2)17-11-18(13(3)10-19(17)24-5)14(4)22-20(25)23-16-8-6-15(21)7-9-16/h6-12,14H,1-5H3,(H2,22,23,25)/t14-/m0/s1. The highest BCUT2D eigenvalue weighted by atomic mass is 35.5. The number of nitrogens with one attached hydrogen (secondary N) is 2. The van der Waals surface area contributed by atoms with E-state index in [1.165, 1.54) is 16.7 Å². The third-order valence-corrected chi connectivity index (χ3v) is 4.63. The highest BCUT2D eigenvalue weighted by Gasteiger charge is 2.16. The predicted molar refractivity (Wildman–Crippen MR) is 111 cm³/mol. The van der Waals surface area contributed by atoms with E-state index in [0.717, 1.165) is 11.4 Å². The Labute approximate surface area is 160 Å². The Morgan fingerprint density at radius 1 is 1.08 bits per heavy atom. The van der Waals surface area contributed by atoms with Crippen LogP contribution >= 0.6 is 23.8 Å². The number of benzene rings is 2. The van der Waals surface area contributed by atoms with Crippen molar-refractivity contribution in [2.24, 2.45) is 0 Å². The van der Waals surface area contributed by atoms with Gasteiger partial charge in [0.05, 0.1) is 13.2 Å². The van der Waals surface area contributed by atoms with Crippen LogP contribution in [0.25, 0.3) is 0 Å². The summed E-state index contributed by atoms with van der Waals surface area (Å²) in [5, 5.41) is 7.82. The molecule has 0 saturated heterocycles. The van der Waals surface area contributed by atoms with Crippen molar-refractivity contribution in [2.45, 2.75) is 39.7 Å². The highest BCUT2D eigenvalue weighted by Crippen LogP contribution is 2.32. The van der Waals surface area contributed by atoms with Gasteiger partial charge in [0.1, 0.15) is 5.75 Å². The van der Waals surface area contributed by atoms with E-state index in [1.807, 2.05) is 24.3 Å². The number of halogens is 1. The Balaban J connectivity index is 2.14. The second kappa shape index (κ2) is 8.54. The molecule has 1 atom stereocenters. The maximum Gasteiger partial charge on any atom is 0.171 e. The van der Waals surface area contributed by atoms with E-state index in [1.54, 1.807) is 7.11 Å². The van der Waals surface area contributed by atoms with Gasteiger partial charge in [-0.25, -0.2) is 0 Å². The van der Waals surface area contributed by atoms with Crippen LogP contribution < -0.4 is 15.4 Å². The lowest BCUT2D eigenvalue weighted by molar-refractivity contribution is 0.406. The van der Waals surface area contributed by atoms with Crippen molar-refractivity contribution in [3.8, 4) is 5.75 Å². The lowest BCUT2D eigenvalue weighted by atomic mass is 9.93. The lowest BCUT2D eigenvalue weighted by Crippen LogP contribution is -2.31. The number of methoxy groups -OCH3 is 1. The van der Waals surface area contributed by atoms with E-state index in [9.17, 15) is 0 Å². The van der Waals surface area contributed by atoms with Gasteiger partial charge in [-0.1, -0.05) is 25.4 Å². The average Bonchev–Trinajstić information content (AvgIpc) is 2.56. The van der Waals surface area contributed by atoms with Gasteiger partial charge < -0.3 is 15.4 Å². The first-order valence-electron chi connectivity index (χ1n) is 8.33. The van der Waals surface area contributed by atoms with Crippen molar-refractivity contribution >= 4 is 34.6 Å². The van der Waals surface area contributed by atoms with Gasteiger partial charge in [-0.05, 0) is 85.1 Å². The van der Waals surface area contributed by atoms with Crippen LogP contribution in [0.4, 0.5) is 5.69 Å². The van der Waals surface area contributed by atoms with Crippen molar-refractivity contribution in [3.63, 3.8) is 0 Å². The molecule has 0 unspecified atom stereocenters. The molecule has 2 rings (SSSR count). The van der Waals surface area contributed by atoms with Gasteiger partial charge >= 0.3 is 0 Å². The molecule has 2 aromatic rings. The van der Waals surface area contributed by atoms with Gasteiger partial charge in [-0.2, -0.15) is 0 Å². The topological polar surface area (TPSA) is 33.3 Å². The molecule has 0 heterocycles. The maximum absolute atomic E-state index is 5.91. The first-order valence-corrected chi connectivity index (χ1v) is 9.12. The molecular weight excluding hydrogens is 352 g/mol. The molecule has 0 amide bonds. The van der Waals surface area contributed by atoms with Gasteiger partial charge in [-0.3, -0.25) is 0 Å². The van der Waals surface area contributed by atoms with E-state index < -0.39 is 0 Å².